The molecule has 0 fully saturated rings. The van der Waals surface area contributed by atoms with Crippen molar-refractivity contribution in [2.75, 3.05) is 5.32 Å². The lowest BCUT2D eigenvalue weighted by molar-refractivity contribution is 0.647. The smallest absolute Gasteiger partial charge is 0.327 e. The van der Waals surface area contributed by atoms with Gasteiger partial charge in [0, 0.05) is 11.8 Å². The molecule has 0 saturated heterocycles. The van der Waals surface area contributed by atoms with E-state index in [1.54, 1.807) is 0 Å². The second-order valence-corrected chi connectivity index (χ2v) is 4.92. The third-order valence-corrected chi connectivity index (χ3v) is 2.64. The van der Waals surface area contributed by atoms with Gasteiger partial charge in [0.05, 0.1) is 0 Å². The summed E-state index contributed by atoms with van der Waals surface area (Å²) >= 11 is 0. The predicted molar refractivity (Wildman–Crippen MR) is 76.0 cm³/mol. The van der Waals surface area contributed by atoms with Gasteiger partial charge in [-0.05, 0) is 30.0 Å². The van der Waals surface area contributed by atoms with Gasteiger partial charge in [0.2, 0.25) is 0 Å². The minimum absolute atomic E-state index is 0.380. The second-order valence-electron chi connectivity index (χ2n) is 4.92. The van der Waals surface area contributed by atoms with Crippen LogP contribution in [0, 0.1) is 5.92 Å². The standard InChI is InChI=1S/C14H17N3O2/c1-9(2)7-10-3-5-11(6-4-10)15-12-8-13(18)17-14(19)16-12/h3-6,8-9H,7H2,1-2H3,(H3,15,16,17,18,19). The van der Waals surface area contributed by atoms with E-state index in [4.69, 9.17) is 0 Å². The zero-order valence-corrected chi connectivity index (χ0v) is 11.0. The zero-order valence-electron chi connectivity index (χ0n) is 11.0. The van der Waals surface area contributed by atoms with Gasteiger partial charge in [-0.15, -0.1) is 0 Å². The Kier molecular flexibility index (Phi) is 3.85. The lowest BCUT2D eigenvalue weighted by atomic mass is 10.0. The Labute approximate surface area is 110 Å². The molecule has 100 valence electrons. The molecule has 0 atom stereocenters. The van der Waals surface area contributed by atoms with Crippen LogP contribution < -0.4 is 16.6 Å². The topological polar surface area (TPSA) is 77.8 Å². The molecule has 1 heterocycles. The lowest BCUT2D eigenvalue weighted by Crippen LogP contribution is -2.22. The molecule has 1 aromatic carbocycles. The summed E-state index contributed by atoms with van der Waals surface area (Å²) in [6, 6.07) is 9.24. The van der Waals surface area contributed by atoms with E-state index in [-0.39, 0.29) is 0 Å². The van der Waals surface area contributed by atoms with E-state index in [2.05, 4.69) is 29.1 Å². The van der Waals surface area contributed by atoms with Gasteiger partial charge in [-0.25, -0.2) is 4.79 Å². The molecule has 3 N–H and O–H groups in total. The van der Waals surface area contributed by atoms with Crippen molar-refractivity contribution in [2.45, 2.75) is 20.3 Å². The number of hydrogen-bond acceptors (Lipinski definition) is 3. The van der Waals surface area contributed by atoms with Crippen molar-refractivity contribution in [1.82, 2.24) is 9.97 Å². The van der Waals surface area contributed by atoms with Gasteiger partial charge in [0.1, 0.15) is 5.82 Å². The summed E-state index contributed by atoms with van der Waals surface area (Å²) in [5, 5.41) is 2.99. The molecule has 0 radical (unpaired) electrons. The van der Waals surface area contributed by atoms with Crippen LogP contribution in [0.3, 0.4) is 0 Å². The van der Waals surface area contributed by atoms with E-state index in [0.29, 0.717) is 11.7 Å². The highest BCUT2D eigenvalue weighted by molar-refractivity contribution is 5.55. The fourth-order valence-corrected chi connectivity index (χ4v) is 1.89. The number of aromatic nitrogens is 2. The molecular formula is C14H17N3O2. The molecule has 5 nitrogen and oxygen atoms in total. The average Bonchev–Trinajstić information content (AvgIpc) is 2.29. The molecule has 0 aliphatic carbocycles. The van der Waals surface area contributed by atoms with Crippen molar-refractivity contribution in [3.63, 3.8) is 0 Å². The van der Waals surface area contributed by atoms with Crippen molar-refractivity contribution in [3.05, 3.63) is 56.7 Å². The van der Waals surface area contributed by atoms with Gasteiger partial charge in [-0.1, -0.05) is 26.0 Å². The predicted octanol–water partition coefficient (Wildman–Crippen LogP) is 2.01. The van der Waals surface area contributed by atoms with Crippen LogP contribution in [0.4, 0.5) is 11.5 Å². The molecule has 19 heavy (non-hydrogen) atoms. The van der Waals surface area contributed by atoms with Gasteiger partial charge in [0.25, 0.3) is 5.56 Å². The Morgan fingerprint density at radius 2 is 1.79 bits per heavy atom. The van der Waals surface area contributed by atoms with Gasteiger partial charge >= 0.3 is 5.69 Å². The molecular weight excluding hydrogens is 242 g/mol. The summed E-state index contributed by atoms with van der Waals surface area (Å²) in [7, 11) is 0. The zero-order chi connectivity index (χ0) is 13.8. The maximum Gasteiger partial charge on any atom is 0.327 e. The van der Waals surface area contributed by atoms with Crippen molar-refractivity contribution in [1.29, 1.82) is 0 Å². The number of rotatable bonds is 4. The fourth-order valence-electron chi connectivity index (χ4n) is 1.89. The fraction of sp³-hybridized carbons (Fsp3) is 0.286. The Balaban J connectivity index is 2.15. The molecule has 0 aliphatic rings. The molecule has 5 heteroatoms. The van der Waals surface area contributed by atoms with E-state index >= 15 is 0 Å². The summed E-state index contributed by atoms with van der Waals surface area (Å²) in [4.78, 5) is 26.9. The summed E-state index contributed by atoms with van der Waals surface area (Å²) in [5.74, 6) is 0.994. The van der Waals surface area contributed by atoms with Crippen molar-refractivity contribution in [3.8, 4) is 0 Å². The molecule has 0 amide bonds. The number of aromatic amines is 2. The number of anilines is 2. The van der Waals surface area contributed by atoms with Crippen LogP contribution in [0.2, 0.25) is 0 Å². The van der Waals surface area contributed by atoms with Crippen LogP contribution in [0.5, 0.6) is 0 Å². The summed E-state index contributed by atoms with van der Waals surface area (Å²) < 4.78 is 0. The van der Waals surface area contributed by atoms with Crippen LogP contribution >= 0.6 is 0 Å². The van der Waals surface area contributed by atoms with E-state index in [9.17, 15) is 9.59 Å². The SMILES string of the molecule is CC(C)Cc1ccc(Nc2cc(=O)[nH]c(=O)[nH]2)cc1. The van der Waals surface area contributed by atoms with Gasteiger partial charge in [-0.2, -0.15) is 0 Å². The Hall–Kier alpha value is -2.30. The van der Waals surface area contributed by atoms with Gasteiger partial charge in [-0.3, -0.25) is 14.8 Å². The number of benzene rings is 1. The third-order valence-electron chi connectivity index (χ3n) is 2.64. The Morgan fingerprint density at radius 1 is 1.11 bits per heavy atom. The third kappa shape index (κ3) is 3.84. The number of nitrogens with one attached hydrogen (secondary N) is 3. The quantitative estimate of drug-likeness (QED) is 0.786. The van der Waals surface area contributed by atoms with E-state index in [0.717, 1.165) is 12.1 Å². The van der Waals surface area contributed by atoms with E-state index in [1.807, 2.05) is 24.3 Å². The minimum atomic E-state index is -0.522. The first kappa shape index (κ1) is 13.1. The molecule has 0 unspecified atom stereocenters. The molecule has 2 rings (SSSR count). The molecule has 0 bridgehead atoms. The molecule has 2 aromatic rings. The van der Waals surface area contributed by atoms with Crippen LogP contribution in [0.1, 0.15) is 19.4 Å². The number of hydrogen-bond donors (Lipinski definition) is 3. The van der Waals surface area contributed by atoms with Crippen LogP contribution in [-0.4, -0.2) is 9.97 Å². The average molecular weight is 259 g/mol. The first-order valence-electron chi connectivity index (χ1n) is 6.22. The highest BCUT2D eigenvalue weighted by Gasteiger charge is 2.00. The number of H-pyrrole nitrogens is 2. The molecule has 0 aliphatic heterocycles. The summed E-state index contributed by atoms with van der Waals surface area (Å²) in [6.45, 7) is 4.35. The van der Waals surface area contributed by atoms with E-state index in [1.165, 1.54) is 11.6 Å². The van der Waals surface area contributed by atoms with Crippen LogP contribution in [0.25, 0.3) is 0 Å². The van der Waals surface area contributed by atoms with Gasteiger partial charge < -0.3 is 5.32 Å². The lowest BCUT2D eigenvalue weighted by Gasteiger charge is -2.08. The normalized spacial score (nSPS) is 10.7. The second kappa shape index (κ2) is 5.56. The first-order chi connectivity index (χ1) is 9.02. The molecule has 1 aromatic heterocycles. The maximum atomic E-state index is 11.2. The summed E-state index contributed by atoms with van der Waals surface area (Å²) in [5.41, 5.74) is 1.14. The largest absolute Gasteiger partial charge is 0.342 e. The minimum Gasteiger partial charge on any atom is -0.342 e. The molecule has 0 spiro atoms. The first-order valence-corrected chi connectivity index (χ1v) is 6.22. The monoisotopic (exact) mass is 259 g/mol. The maximum absolute atomic E-state index is 11.2. The van der Waals surface area contributed by atoms with Crippen molar-refractivity contribution < 1.29 is 0 Å². The van der Waals surface area contributed by atoms with Crippen LogP contribution in [0.15, 0.2) is 39.9 Å². The molecule has 0 saturated carbocycles. The Morgan fingerprint density at radius 3 is 2.37 bits per heavy atom. The van der Waals surface area contributed by atoms with E-state index < -0.39 is 11.2 Å². The van der Waals surface area contributed by atoms with Crippen LogP contribution in [-0.2, 0) is 6.42 Å². The highest BCUT2D eigenvalue weighted by atomic mass is 16.2. The Bertz CT molecular complexity index is 625. The summed E-state index contributed by atoms with van der Waals surface area (Å²) in [6.07, 6.45) is 1.03. The van der Waals surface area contributed by atoms with Crippen molar-refractivity contribution in [2.24, 2.45) is 5.92 Å². The van der Waals surface area contributed by atoms with Crippen molar-refractivity contribution >= 4 is 11.5 Å². The van der Waals surface area contributed by atoms with Gasteiger partial charge in [0.15, 0.2) is 0 Å². The highest BCUT2D eigenvalue weighted by Crippen LogP contribution is 2.15.